The normalized spacial score (nSPS) is 12.6. The largest absolute Gasteiger partial charge is 0.355 e. The molecule has 0 aliphatic heterocycles. The summed E-state index contributed by atoms with van der Waals surface area (Å²) in [6.07, 6.45) is 4.59. The van der Waals surface area contributed by atoms with Gasteiger partial charge in [-0.25, -0.2) is 0 Å². The van der Waals surface area contributed by atoms with Crippen molar-refractivity contribution in [2.45, 2.75) is 44.9 Å². The predicted octanol–water partition coefficient (Wildman–Crippen LogP) is 2.31. The van der Waals surface area contributed by atoms with E-state index in [1.807, 2.05) is 0 Å². The number of nitrogens with one attached hydrogen (secondary N) is 1. The van der Waals surface area contributed by atoms with Crippen LogP contribution < -0.4 is 5.32 Å². The van der Waals surface area contributed by atoms with Gasteiger partial charge in [0.15, 0.2) is 0 Å². The molecule has 0 saturated heterocycles. The van der Waals surface area contributed by atoms with Crippen molar-refractivity contribution < 1.29 is 4.79 Å². The van der Waals surface area contributed by atoms with E-state index in [0.29, 0.717) is 6.54 Å². The van der Waals surface area contributed by atoms with Crippen LogP contribution in [-0.4, -0.2) is 17.8 Å². The maximum absolute atomic E-state index is 10.5. The van der Waals surface area contributed by atoms with E-state index in [4.69, 9.17) is 11.6 Å². The third kappa shape index (κ3) is 7.86. The van der Waals surface area contributed by atoms with E-state index in [-0.39, 0.29) is 11.3 Å². The molecule has 0 aromatic heterocycles. The standard InChI is InChI=1S/C9H18ClNO/c1-3-4-5-6-9(10)7-11-8(2)12/h9H,3-7H2,1-2H3,(H,11,12). The summed E-state index contributed by atoms with van der Waals surface area (Å²) < 4.78 is 0. The van der Waals surface area contributed by atoms with Crippen LogP contribution in [0, 0.1) is 0 Å². The molecule has 0 saturated carbocycles. The maximum Gasteiger partial charge on any atom is 0.216 e. The van der Waals surface area contributed by atoms with Crippen molar-refractivity contribution in [3.63, 3.8) is 0 Å². The number of alkyl halides is 1. The van der Waals surface area contributed by atoms with E-state index < -0.39 is 0 Å². The summed E-state index contributed by atoms with van der Waals surface area (Å²) in [6.45, 7) is 4.27. The lowest BCUT2D eigenvalue weighted by Gasteiger charge is -2.08. The molecule has 12 heavy (non-hydrogen) atoms. The van der Waals surface area contributed by atoms with Crippen LogP contribution in [0.4, 0.5) is 0 Å². The highest BCUT2D eigenvalue weighted by molar-refractivity contribution is 6.20. The predicted molar refractivity (Wildman–Crippen MR) is 52.5 cm³/mol. The lowest BCUT2D eigenvalue weighted by Crippen LogP contribution is -2.27. The van der Waals surface area contributed by atoms with E-state index >= 15 is 0 Å². The molecule has 1 N–H and O–H groups in total. The summed E-state index contributed by atoms with van der Waals surface area (Å²) in [5.74, 6) is -0.00357. The summed E-state index contributed by atoms with van der Waals surface area (Å²) >= 11 is 5.95. The first-order valence-electron chi connectivity index (χ1n) is 4.55. The molecule has 0 rings (SSSR count). The molecule has 2 nitrogen and oxygen atoms in total. The fourth-order valence-corrected chi connectivity index (χ4v) is 1.20. The Morgan fingerprint density at radius 2 is 2.17 bits per heavy atom. The van der Waals surface area contributed by atoms with Gasteiger partial charge in [-0.15, -0.1) is 11.6 Å². The number of halogens is 1. The summed E-state index contributed by atoms with van der Waals surface area (Å²) in [7, 11) is 0. The van der Waals surface area contributed by atoms with Crippen molar-refractivity contribution in [1.82, 2.24) is 5.32 Å². The molecule has 1 unspecified atom stereocenters. The first kappa shape index (κ1) is 11.8. The summed E-state index contributed by atoms with van der Waals surface area (Å²) in [4.78, 5) is 10.5. The number of hydrogen-bond acceptors (Lipinski definition) is 1. The van der Waals surface area contributed by atoms with E-state index in [0.717, 1.165) is 12.8 Å². The Labute approximate surface area is 79.7 Å². The Bertz CT molecular complexity index is 128. The average Bonchev–Trinajstić information content (AvgIpc) is 2.01. The van der Waals surface area contributed by atoms with Gasteiger partial charge >= 0.3 is 0 Å². The fraction of sp³-hybridized carbons (Fsp3) is 0.889. The second-order valence-corrected chi connectivity index (χ2v) is 3.65. The van der Waals surface area contributed by atoms with Crippen LogP contribution in [0.5, 0.6) is 0 Å². The average molecular weight is 192 g/mol. The lowest BCUT2D eigenvalue weighted by molar-refractivity contribution is -0.118. The monoisotopic (exact) mass is 191 g/mol. The Morgan fingerprint density at radius 1 is 1.50 bits per heavy atom. The minimum absolute atomic E-state index is 0.00357. The van der Waals surface area contributed by atoms with Crippen LogP contribution in [0.25, 0.3) is 0 Å². The van der Waals surface area contributed by atoms with Crippen molar-refractivity contribution >= 4 is 17.5 Å². The molecule has 0 aliphatic rings. The van der Waals surface area contributed by atoms with E-state index in [2.05, 4.69) is 12.2 Å². The molecule has 72 valence electrons. The van der Waals surface area contributed by atoms with Crippen molar-refractivity contribution in [2.24, 2.45) is 0 Å². The highest BCUT2D eigenvalue weighted by Gasteiger charge is 2.03. The number of rotatable bonds is 6. The van der Waals surface area contributed by atoms with Crippen LogP contribution in [0.2, 0.25) is 0 Å². The Kier molecular flexibility index (Phi) is 7.26. The number of hydrogen-bond donors (Lipinski definition) is 1. The molecule has 0 aliphatic carbocycles. The SMILES string of the molecule is CCCCCC(Cl)CNC(C)=O. The minimum atomic E-state index is -0.00357. The molecule has 0 fully saturated rings. The number of carbonyl (C=O) groups excluding carboxylic acids is 1. The van der Waals surface area contributed by atoms with Gasteiger partial charge in [-0.1, -0.05) is 26.2 Å². The van der Waals surface area contributed by atoms with Crippen LogP contribution in [-0.2, 0) is 4.79 Å². The highest BCUT2D eigenvalue weighted by atomic mass is 35.5. The van der Waals surface area contributed by atoms with E-state index in [1.165, 1.54) is 19.8 Å². The summed E-state index contributed by atoms with van der Waals surface area (Å²) in [5.41, 5.74) is 0. The molecular weight excluding hydrogens is 174 g/mol. The first-order valence-corrected chi connectivity index (χ1v) is 4.99. The number of carbonyl (C=O) groups is 1. The Morgan fingerprint density at radius 3 is 2.67 bits per heavy atom. The van der Waals surface area contributed by atoms with Crippen molar-refractivity contribution in [1.29, 1.82) is 0 Å². The topological polar surface area (TPSA) is 29.1 Å². The van der Waals surface area contributed by atoms with Crippen LogP contribution >= 0.6 is 11.6 Å². The molecular formula is C9H18ClNO. The number of unbranched alkanes of at least 4 members (excludes halogenated alkanes) is 2. The van der Waals surface area contributed by atoms with Crippen LogP contribution in [0.15, 0.2) is 0 Å². The van der Waals surface area contributed by atoms with Gasteiger partial charge in [0, 0.05) is 13.5 Å². The van der Waals surface area contributed by atoms with Gasteiger partial charge in [-0.2, -0.15) is 0 Å². The molecule has 0 aromatic carbocycles. The smallest absolute Gasteiger partial charge is 0.216 e. The summed E-state index contributed by atoms with van der Waals surface area (Å²) in [6, 6.07) is 0. The van der Waals surface area contributed by atoms with Crippen molar-refractivity contribution in [3.05, 3.63) is 0 Å². The Balaban J connectivity index is 3.21. The zero-order chi connectivity index (χ0) is 9.40. The molecule has 1 amide bonds. The van der Waals surface area contributed by atoms with E-state index in [9.17, 15) is 4.79 Å². The maximum atomic E-state index is 10.5. The molecule has 0 aromatic rings. The number of amides is 1. The minimum Gasteiger partial charge on any atom is -0.355 e. The zero-order valence-corrected chi connectivity index (χ0v) is 8.66. The molecule has 0 bridgehead atoms. The lowest BCUT2D eigenvalue weighted by atomic mass is 10.1. The van der Waals surface area contributed by atoms with Gasteiger partial charge in [0.25, 0.3) is 0 Å². The van der Waals surface area contributed by atoms with Gasteiger partial charge in [0.1, 0.15) is 0 Å². The molecule has 0 radical (unpaired) electrons. The second kappa shape index (κ2) is 7.41. The molecule has 0 spiro atoms. The molecule has 3 heteroatoms. The molecule has 1 atom stereocenters. The Hall–Kier alpha value is -0.240. The van der Waals surface area contributed by atoms with Gasteiger partial charge in [0.05, 0.1) is 5.38 Å². The second-order valence-electron chi connectivity index (χ2n) is 3.03. The summed E-state index contributed by atoms with van der Waals surface area (Å²) in [5, 5.41) is 2.80. The van der Waals surface area contributed by atoms with Crippen LogP contribution in [0.1, 0.15) is 39.5 Å². The van der Waals surface area contributed by atoms with Crippen molar-refractivity contribution in [3.8, 4) is 0 Å². The van der Waals surface area contributed by atoms with Gasteiger partial charge in [-0.05, 0) is 6.42 Å². The zero-order valence-electron chi connectivity index (χ0n) is 7.90. The quantitative estimate of drug-likeness (QED) is 0.507. The van der Waals surface area contributed by atoms with Gasteiger partial charge in [-0.3, -0.25) is 4.79 Å². The van der Waals surface area contributed by atoms with Gasteiger partial charge in [0.2, 0.25) is 5.91 Å². The molecule has 0 heterocycles. The van der Waals surface area contributed by atoms with E-state index in [1.54, 1.807) is 0 Å². The van der Waals surface area contributed by atoms with Crippen molar-refractivity contribution in [2.75, 3.05) is 6.54 Å². The van der Waals surface area contributed by atoms with Gasteiger partial charge < -0.3 is 5.32 Å². The fourth-order valence-electron chi connectivity index (χ4n) is 0.972. The first-order chi connectivity index (χ1) is 5.66. The third-order valence-corrected chi connectivity index (χ3v) is 2.07. The third-order valence-electron chi connectivity index (χ3n) is 1.69. The highest BCUT2D eigenvalue weighted by Crippen LogP contribution is 2.07. The van der Waals surface area contributed by atoms with Crippen LogP contribution in [0.3, 0.4) is 0 Å².